The standard InChI is InChI=1S/C11H11ClO3/c1-7(12)11(14)9-3-5-10(6-4-9)15-8(2)13/h3-7H,1-2H3. The molecule has 0 radical (unpaired) electrons. The number of carbonyl (C=O) groups is 2. The number of benzene rings is 1. The summed E-state index contributed by atoms with van der Waals surface area (Å²) in [5.74, 6) is -0.118. The van der Waals surface area contributed by atoms with Crippen molar-refractivity contribution in [2.24, 2.45) is 0 Å². The average Bonchev–Trinajstić information content (AvgIpc) is 2.17. The van der Waals surface area contributed by atoms with Crippen LogP contribution < -0.4 is 4.74 Å². The zero-order chi connectivity index (χ0) is 11.4. The van der Waals surface area contributed by atoms with Crippen molar-refractivity contribution in [3.8, 4) is 5.75 Å². The highest BCUT2D eigenvalue weighted by atomic mass is 35.5. The minimum atomic E-state index is -0.551. The molecule has 15 heavy (non-hydrogen) atoms. The van der Waals surface area contributed by atoms with Gasteiger partial charge in [0.05, 0.1) is 5.38 Å². The highest BCUT2D eigenvalue weighted by molar-refractivity contribution is 6.33. The summed E-state index contributed by atoms with van der Waals surface area (Å²) in [6.07, 6.45) is 0. The Labute approximate surface area is 93.0 Å². The number of esters is 1. The molecule has 0 aliphatic carbocycles. The lowest BCUT2D eigenvalue weighted by Gasteiger charge is -2.04. The second-order valence-electron chi connectivity index (χ2n) is 3.10. The van der Waals surface area contributed by atoms with E-state index < -0.39 is 5.38 Å². The zero-order valence-corrected chi connectivity index (χ0v) is 9.25. The van der Waals surface area contributed by atoms with Gasteiger partial charge in [0.2, 0.25) is 0 Å². The van der Waals surface area contributed by atoms with Gasteiger partial charge >= 0.3 is 5.97 Å². The van der Waals surface area contributed by atoms with Gasteiger partial charge in [0, 0.05) is 12.5 Å². The molecule has 0 spiro atoms. The Kier molecular flexibility index (Phi) is 3.86. The molecule has 1 unspecified atom stereocenters. The van der Waals surface area contributed by atoms with Crippen molar-refractivity contribution in [2.45, 2.75) is 19.2 Å². The quantitative estimate of drug-likeness (QED) is 0.344. The van der Waals surface area contributed by atoms with Crippen LogP contribution in [0.3, 0.4) is 0 Å². The average molecular weight is 227 g/mol. The minimum absolute atomic E-state index is 0.147. The van der Waals surface area contributed by atoms with Crippen LogP contribution in [0.2, 0.25) is 0 Å². The molecule has 0 N–H and O–H groups in total. The maximum Gasteiger partial charge on any atom is 0.308 e. The molecule has 1 atom stereocenters. The van der Waals surface area contributed by atoms with E-state index in [2.05, 4.69) is 0 Å². The predicted octanol–water partition coefficient (Wildman–Crippen LogP) is 2.42. The SMILES string of the molecule is CC(=O)Oc1ccc(C(=O)C(C)Cl)cc1. The lowest BCUT2D eigenvalue weighted by atomic mass is 10.1. The number of alkyl halides is 1. The number of ketones is 1. The molecule has 3 nitrogen and oxygen atoms in total. The first-order valence-corrected chi connectivity index (χ1v) is 4.91. The van der Waals surface area contributed by atoms with Gasteiger partial charge in [0.25, 0.3) is 0 Å². The van der Waals surface area contributed by atoms with Gasteiger partial charge in [-0.2, -0.15) is 0 Å². The number of hydrogen-bond acceptors (Lipinski definition) is 3. The molecule has 1 aromatic rings. The van der Waals surface area contributed by atoms with E-state index in [9.17, 15) is 9.59 Å². The predicted molar refractivity (Wildman–Crippen MR) is 57.4 cm³/mol. The third-order valence-electron chi connectivity index (χ3n) is 1.76. The van der Waals surface area contributed by atoms with Crippen LogP contribution in [-0.4, -0.2) is 17.1 Å². The summed E-state index contributed by atoms with van der Waals surface area (Å²) >= 11 is 5.65. The maximum atomic E-state index is 11.4. The topological polar surface area (TPSA) is 43.4 Å². The Morgan fingerprint density at radius 3 is 2.20 bits per heavy atom. The van der Waals surface area contributed by atoms with Gasteiger partial charge in [-0.1, -0.05) is 0 Å². The van der Waals surface area contributed by atoms with Crippen molar-refractivity contribution < 1.29 is 14.3 Å². The lowest BCUT2D eigenvalue weighted by molar-refractivity contribution is -0.131. The Balaban J connectivity index is 2.81. The van der Waals surface area contributed by atoms with Crippen molar-refractivity contribution in [3.63, 3.8) is 0 Å². The monoisotopic (exact) mass is 226 g/mol. The van der Waals surface area contributed by atoms with Crippen LogP contribution in [0.15, 0.2) is 24.3 Å². The van der Waals surface area contributed by atoms with Crippen LogP contribution in [0.1, 0.15) is 24.2 Å². The second-order valence-corrected chi connectivity index (χ2v) is 3.75. The summed E-state index contributed by atoms with van der Waals surface area (Å²) in [7, 11) is 0. The third-order valence-corrected chi connectivity index (χ3v) is 1.96. The largest absolute Gasteiger partial charge is 0.427 e. The minimum Gasteiger partial charge on any atom is -0.427 e. The molecule has 0 amide bonds. The van der Waals surface area contributed by atoms with E-state index in [1.165, 1.54) is 6.92 Å². The summed E-state index contributed by atoms with van der Waals surface area (Å²) < 4.78 is 4.83. The Bertz CT molecular complexity index is 368. The first-order valence-electron chi connectivity index (χ1n) is 4.47. The summed E-state index contributed by atoms with van der Waals surface area (Å²) in [6.45, 7) is 2.93. The van der Waals surface area contributed by atoms with Crippen LogP contribution >= 0.6 is 11.6 Å². The van der Waals surface area contributed by atoms with Gasteiger partial charge in [-0.3, -0.25) is 9.59 Å². The molecule has 0 saturated heterocycles. The van der Waals surface area contributed by atoms with Crippen LogP contribution in [0.4, 0.5) is 0 Å². The van der Waals surface area contributed by atoms with Crippen molar-refractivity contribution in [2.75, 3.05) is 0 Å². The second kappa shape index (κ2) is 4.94. The van der Waals surface area contributed by atoms with Gasteiger partial charge < -0.3 is 4.74 Å². The normalized spacial score (nSPS) is 11.9. The molecule has 1 aromatic carbocycles. The summed E-state index contributed by atoms with van der Waals surface area (Å²) in [6, 6.07) is 6.29. The number of Topliss-reactive ketones (excluding diaryl/α,β-unsaturated/α-hetero) is 1. The van der Waals surface area contributed by atoms with Crippen molar-refractivity contribution in [3.05, 3.63) is 29.8 Å². The van der Waals surface area contributed by atoms with Gasteiger partial charge in [0.1, 0.15) is 5.75 Å². The van der Waals surface area contributed by atoms with Crippen LogP contribution in [0.5, 0.6) is 5.75 Å². The highest BCUT2D eigenvalue weighted by Crippen LogP contribution is 2.14. The Morgan fingerprint density at radius 1 is 1.27 bits per heavy atom. The molecule has 0 aliphatic heterocycles. The van der Waals surface area contributed by atoms with Gasteiger partial charge in [-0.05, 0) is 31.2 Å². The van der Waals surface area contributed by atoms with E-state index in [-0.39, 0.29) is 11.8 Å². The van der Waals surface area contributed by atoms with E-state index in [1.807, 2.05) is 0 Å². The van der Waals surface area contributed by atoms with E-state index in [0.717, 1.165) is 0 Å². The number of ether oxygens (including phenoxy) is 1. The molecule has 80 valence electrons. The molecule has 0 bridgehead atoms. The first kappa shape index (κ1) is 11.7. The van der Waals surface area contributed by atoms with Gasteiger partial charge in [-0.15, -0.1) is 11.6 Å². The molecule has 1 rings (SSSR count). The zero-order valence-electron chi connectivity index (χ0n) is 8.49. The fraction of sp³-hybridized carbons (Fsp3) is 0.273. The van der Waals surface area contributed by atoms with Gasteiger partial charge in [-0.25, -0.2) is 0 Å². The highest BCUT2D eigenvalue weighted by Gasteiger charge is 2.11. The van der Waals surface area contributed by atoms with E-state index in [4.69, 9.17) is 16.3 Å². The van der Waals surface area contributed by atoms with Crippen molar-refractivity contribution >= 4 is 23.4 Å². The molecular formula is C11H11ClO3. The first-order chi connectivity index (χ1) is 7.00. The molecule has 0 aromatic heterocycles. The van der Waals surface area contributed by atoms with E-state index in [0.29, 0.717) is 11.3 Å². The summed E-state index contributed by atoms with van der Waals surface area (Å²) in [5, 5.41) is -0.551. The Morgan fingerprint density at radius 2 is 1.80 bits per heavy atom. The summed E-state index contributed by atoms with van der Waals surface area (Å²) in [4.78, 5) is 22.1. The Hall–Kier alpha value is -1.35. The lowest BCUT2D eigenvalue weighted by Crippen LogP contribution is -2.10. The van der Waals surface area contributed by atoms with Crippen LogP contribution in [0.25, 0.3) is 0 Å². The van der Waals surface area contributed by atoms with Gasteiger partial charge in [0.15, 0.2) is 5.78 Å². The number of hydrogen-bond donors (Lipinski definition) is 0. The van der Waals surface area contributed by atoms with E-state index >= 15 is 0 Å². The smallest absolute Gasteiger partial charge is 0.308 e. The molecule has 0 aliphatic rings. The number of rotatable bonds is 3. The number of carbonyl (C=O) groups excluding carboxylic acids is 2. The maximum absolute atomic E-state index is 11.4. The van der Waals surface area contributed by atoms with Crippen LogP contribution in [0, 0.1) is 0 Å². The van der Waals surface area contributed by atoms with E-state index in [1.54, 1.807) is 31.2 Å². The third kappa shape index (κ3) is 3.36. The number of halogens is 1. The molecule has 0 heterocycles. The molecule has 0 fully saturated rings. The molecule has 4 heteroatoms. The summed E-state index contributed by atoms with van der Waals surface area (Å²) in [5.41, 5.74) is 0.508. The molecular weight excluding hydrogens is 216 g/mol. The van der Waals surface area contributed by atoms with Crippen molar-refractivity contribution in [1.29, 1.82) is 0 Å². The molecule has 0 saturated carbocycles. The van der Waals surface area contributed by atoms with Crippen molar-refractivity contribution in [1.82, 2.24) is 0 Å². The fourth-order valence-corrected chi connectivity index (χ4v) is 1.21. The van der Waals surface area contributed by atoms with Crippen LogP contribution in [-0.2, 0) is 4.79 Å². The fourth-order valence-electron chi connectivity index (χ4n) is 1.08.